The van der Waals surface area contributed by atoms with Gasteiger partial charge in [-0.3, -0.25) is 14.6 Å². The van der Waals surface area contributed by atoms with Crippen LogP contribution in [0.1, 0.15) is 38.7 Å². The summed E-state index contributed by atoms with van der Waals surface area (Å²) in [4.78, 5) is 17.6. The number of hydrogen-bond donors (Lipinski definition) is 1. The molecule has 3 heterocycles. The summed E-state index contributed by atoms with van der Waals surface area (Å²) in [6, 6.07) is 9.25. The summed E-state index contributed by atoms with van der Waals surface area (Å²) < 4.78 is 7.64. The molecule has 0 aliphatic carbocycles. The Morgan fingerprint density at radius 1 is 1.17 bits per heavy atom. The van der Waals surface area contributed by atoms with E-state index in [9.17, 15) is 4.79 Å². The zero-order chi connectivity index (χ0) is 20.9. The van der Waals surface area contributed by atoms with Gasteiger partial charge in [0.05, 0.1) is 13.2 Å². The summed E-state index contributed by atoms with van der Waals surface area (Å²) in [6.07, 6.45) is 6.06. The third kappa shape index (κ3) is 5.23. The monoisotopic (exact) mass is 412 g/mol. The number of rotatable bonds is 7. The highest BCUT2D eigenvalue weighted by atomic mass is 16.5. The SMILES string of the molecule is CC(C)NC(=O)Cn1cc(CN2CCCCC2CN2CCOCC2)c2ccccc21. The summed E-state index contributed by atoms with van der Waals surface area (Å²) in [5.74, 6) is 0.0699. The number of carbonyl (C=O) groups excluding carboxylic acids is 1. The molecule has 1 N–H and O–H groups in total. The van der Waals surface area contributed by atoms with Gasteiger partial charge in [0.15, 0.2) is 0 Å². The van der Waals surface area contributed by atoms with Gasteiger partial charge in [-0.2, -0.15) is 0 Å². The minimum Gasteiger partial charge on any atom is -0.379 e. The first kappa shape index (κ1) is 21.3. The average molecular weight is 413 g/mol. The normalized spacial score (nSPS) is 21.4. The van der Waals surface area contributed by atoms with Crippen molar-refractivity contribution in [1.82, 2.24) is 19.7 Å². The number of likely N-dealkylation sites (tertiary alicyclic amines) is 1. The Labute approximate surface area is 180 Å². The van der Waals surface area contributed by atoms with Crippen molar-refractivity contribution in [2.24, 2.45) is 0 Å². The summed E-state index contributed by atoms with van der Waals surface area (Å²) in [6.45, 7) is 11.4. The number of ether oxygens (including phenoxy) is 1. The van der Waals surface area contributed by atoms with Crippen molar-refractivity contribution in [1.29, 1.82) is 0 Å². The predicted molar refractivity (Wildman–Crippen MR) is 121 cm³/mol. The fourth-order valence-corrected chi connectivity index (χ4v) is 4.88. The summed E-state index contributed by atoms with van der Waals surface area (Å²) in [7, 11) is 0. The van der Waals surface area contributed by atoms with Gasteiger partial charge in [0.1, 0.15) is 6.54 Å². The van der Waals surface area contributed by atoms with Gasteiger partial charge in [-0.15, -0.1) is 0 Å². The maximum Gasteiger partial charge on any atom is 0.240 e. The van der Waals surface area contributed by atoms with Crippen LogP contribution in [0.4, 0.5) is 0 Å². The standard InChI is InChI=1S/C24H36N4O2/c1-19(2)25-24(29)18-28-16-20(22-8-3-4-9-23(22)28)15-27-10-6-5-7-21(27)17-26-11-13-30-14-12-26/h3-4,8-9,16,19,21H,5-7,10-15,17-18H2,1-2H3,(H,25,29). The lowest BCUT2D eigenvalue weighted by Crippen LogP contribution is -2.49. The van der Waals surface area contributed by atoms with Gasteiger partial charge >= 0.3 is 0 Å². The van der Waals surface area contributed by atoms with Crippen molar-refractivity contribution >= 4 is 16.8 Å². The summed E-state index contributed by atoms with van der Waals surface area (Å²) in [5.41, 5.74) is 2.48. The van der Waals surface area contributed by atoms with Gasteiger partial charge in [-0.25, -0.2) is 0 Å². The van der Waals surface area contributed by atoms with E-state index in [1.165, 1.54) is 30.2 Å². The lowest BCUT2D eigenvalue weighted by atomic mass is 10.00. The molecule has 0 spiro atoms. The number of para-hydroxylation sites is 1. The molecule has 1 atom stereocenters. The van der Waals surface area contributed by atoms with Crippen molar-refractivity contribution in [3.63, 3.8) is 0 Å². The van der Waals surface area contributed by atoms with Crippen LogP contribution in [0.15, 0.2) is 30.5 Å². The molecule has 2 aliphatic rings. The molecule has 4 rings (SSSR count). The van der Waals surface area contributed by atoms with Crippen molar-refractivity contribution < 1.29 is 9.53 Å². The number of aromatic nitrogens is 1. The number of fused-ring (bicyclic) bond motifs is 1. The maximum atomic E-state index is 12.4. The van der Waals surface area contributed by atoms with Crippen LogP contribution in [-0.4, -0.2) is 71.8 Å². The third-order valence-electron chi connectivity index (χ3n) is 6.33. The molecule has 2 fully saturated rings. The van der Waals surface area contributed by atoms with Gasteiger partial charge in [0, 0.05) is 55.4 Å². The zero-order valence-corrected chi connectivity index (χ0v) is 18.5. The Morgan fingerprint density at radius 2 is 1.97 bits per heavy atom. The van der Waals surface area contributed by atoms with E-state index in [2.05, 4.69) is 50.1 Å². The fraction of sp³-hybridized carbons (Fsp3) is 0.625. The number of amides is 1. The molecule has 1 unspecified atom stereocenters. The topological polar surface area (TPSA) is 49.7 Å². The maximum absolute atomic E-state index is 12.4. The van der Waals surface area contributed by atoms with Crippen LogP contribution in [0.5, 0.6) is 0 Å². The molecule has 30 heavy (non-hydrogen) atoms. The molecule has 2 saturated heterocycles. The molecule has 2 aliphatic heterocycles. The van der Waals surface area contributed by atoms with E-state index in [0.717, 1.165) is 51.5 Å². The minimum absolute atomic E-state index is 0.0699. The minimum atomic E-state index is 0.0699. The quantitative estimate of drug-likeness (QED) is 0.760. The second-order valence-corrected chi connectivity index (χ2v) is 9.05. The Bertz CT molecular complexity index is 841. The van der Waals surface area contributed by atoms with E-state index in [1.54, 1.807) is 0 Å². The highest BCUT2D eigenvalue weighted by Crippen LogP contribution is 2.26. The molecule has 6 heteroatoms. The van der Waals surface area contributed by atoms with E-state index in [0.29, 0.717) is 12.6 Å². The van der Waals surface area contributed by atoms with E-state index in [-0.39, 0.29) is 11.9 Å². The average Bonchev–Trinajstić information content (AvgIpc) is 3.07. The van der Waals surface area contributed by atoms with Crippen molar-refractivity contribution in [3.05, 3.63) is 36.0 Å². The van der Waals surface area contributed by atoms with Crippen LogP contribution in [0, 0.1) is 0 Å². The van der Waals surface area contributed by atoms with Gasteiger partial charge in [0.25, 0.3) is 0 Å². The van der Waals surface area contributed by atoms with Crippen LogP contribution in [0.3, 0.4) is 0 Å². The summed E-state index contributed by atoms with van der Waals surface area (Å²) in [5, 5.41) is 4.28. The van der Waals surface area contributed by atoms with Crippen LogP contribution in [-0.2, 0) is 22.6 Å². The molecular weight excluding hydrogens is 376 g/mol. The van der Waals surface area contributed by atoms with E-state index >= 15 is 0 Å². The lowest BCUT2D eigenvalue weighted by molar-refractivity contribution is -0.122. The molecule has 1 aromatic carbocycles. The van der Waals surface area contributed by atoms with Gasteiger partial charge in [-0.1, -0.05) is 24.6 Å². The fourth-order valence-electron chi connectivity index (χ4n) is 4.88. The first-order valence-electron chi connectivity index (χ1n) is 11.5. The van der Waals surface area contributed by atoms with Crippen molar-refractivity contribution in [3.8, 4) is 0 Å². The van der Waals surface area contributed by atoms with E-state index in [1.807, 2.05) is 13.8 Å². The molecule has 6 nitrogen and oxygen atoms in total. The number of nitrogens with zero attached hydrogens (tertiary/aromatic N) is 3. The van der Waals surface area contributed by atoms with Crippen LogP contribution in [0.2, 0.25) is 0 Å². The first-order chi connectivity index (χ1) is 14.6. The lowest BCUT2D eigenvalue weighted by Gasteiger charge is -2.39. The number of carbonyl (C=O) groups is 1. The largest absolute Gasteiger partial charge is 0.379 e. The van der Waals surface area contributed by atoms with Crippen molar-refractivity contribution in [2.45, 2.75) is 58.3 Å². The van der Waals surface area contributed by atoms with E-state index < -0.39 is 0 Å². The number of piperidine rings is 1. The van der Waals surface area contributed by atoms with Gasteiger partial charge in [0.2, 0.25) is 5.91 Å². The number of benzene rings is 1. The molecule has 164 valence electrons. The smallest absolute Gasteiger partial charge is 0.240 e. The van der Waals surface area contributed by atoms with Gasteiger partial charge in [-0.05, 0) is 44.9 Å². The number of nitrogens with one attached hydrogen (secondary N) is 1. The van der Waals surface area contributed by atoms with Gasteiger partial charge < -0.3 is 14.6 Å². The highest BCUT2D eigenvalue weighted by Gasteiger charge is 2.26. The molecule has 1 aromatic heterocycles. The van der Waals surface area contributed by atoms with E-state index in [4.69, 9.17) is 4.74 Å². The Hall–Kier alpha value is -1.89. The Balaban J connectivity index is 1.51. The molecular formula is C24H36N4O2. The molecule has 0 bridgehead atoms. The van der Waals surface area contributed by atoms with Crippen LogP contribution < -0.4 is 5.32 Å². The number of hydrogen-bond acceptors (Lipinski definition) is 4. The second-order valence-electron chi connectivity index (χ2n) is 9.05. The first-order valence-corrected chi connectivity index (χ1v) is 11.5. The Morgan fingerprint density at radius 3 is 2.77 bits per heavy atom. The number of morpholine rings is 1. The molecule has 0 saturated carbocycles. The third-order valence-corrected chi connectivity index (χ3v) is 6.33. The highest BCUT2D eigenvalue weighted by molar-refractivity contribution is 5.86. The van der Waals surface area contributed by atoms with Crippen LogP contribution >= 0.6 is 0 Å². The summed E-state index contributed by atoms with van der Waals surface area (Å²) >= 11 is 0. The van der Waals surface area contributed by atoms with Crippen molar-refractivity contribution in [2.75, 3.05) is 39.4 Å². The Kier molecular flexibility index (Phi) is 7.08. The predicted octanol–water partition coefficient (Wildman–Crippen LogP) is 2.85. The molecule has 1 amide bonds. The van der Waals surface area contributed by atoms with Crippen LogP contribution in [0.25, 0.3) is 10.9 Å². The zero-order valence-electron chi connectivity index (χ0n) is 18.5. The second kappa shape index (κ2) is 9.94. The molecule has 0 radical (unpaired) electrons. The molecule has 2 aromatic rings.